The number of halogens is 1. The van der Waals surface area contributed by atoms with Crippen LogP contribution in [0, 0.1) is 13.8 Å². The van der Waals surface area contributed by atoms with E-state index in [1.807, 2.05) is 44.2 Å². The molecule has 0 aromatic heterocycles. The summed E-state index contributed by atoms with van der Waals surface area (Å²) >= 11 is 3.34. The van der Waals surface area contributed by atoms with Gasteiger partial charge in [-0.15, -0.1) is 0 Å². The maximum absolute atomic E-state index is 12.6. The highest BCUT2D eigenvalue weighted by Crippen LogP contribution is 2.26. The van der Waals surface area contributed by atoms with Crippen LogP contribution in [-0.2, 0) is 16.6 Å². The molecule has 0 saturated carbocycles. The summed E-state index contributed by atoms with van der Waals surface area (Å²) in [6.07, 6.45) is 0. The second kappa shape index (κ2) is 6.30. The van der Waals surface area contributed by atoms with Gasteiger partial charge in [0.25, 0.3) is 0 Å². The van der Waals surface area contributed by atoms with Crippen molar-refractivity contribution in [3.05, 3.63) is 63.6 Å². The molecule has 0 atom stereocenters. The Kier molecular flexibility index (Phi) is 4.86. The van der Waals surface area contributed by atoms with Crippen LogP contribution in [0.25, 0.3) is 0 Å². The summed E-state index contributed by atoms with van der Waals surface area (Å²) in [5.74, 6) is 0. The van der Waals surface area contributed by atoms with Crippen molar-refractivity contribution in [2.45, 2.75) is 25.3 Å². The van der Waals surface area contributed by atoms with Gasteiger partial charge >= 0.3 is 0 Å². The topological polar surface area (TPSA) is 37.4 Å². The van der Waals surface area contributed by atoms with Crippen LogP contribution in [-0.4, -0.2) is 19.8 Å². The fraction of sp³-hybridized carbons (Fsp3) is 0.250. The number of rotatable bonds is 4. The highest BCUT2D eigenvalue weighted by molar-refractivity contribution is 9.10. The molecular weight excluding hydrogens is 350 g/mol. The zero-order chi connectivity index (χ0) is 15.6. The molecule has 0 aliphatic heterocycles. The summed E-state index contributed by atoms with van der Waals surface area (Å²) in [6, 6.07) is 13.1. The molecule has 3 nitrogen and oxygen atoms in total. The second-order valence-corrected chi connectivity index (χ2v) is 8.05. The molecule has 0 fully saturated rings. The first kappa shape index (κ1) is 16.2. The Hall–Kier alpha value is -1.17. The molecule has 0 radical (unpaired) electrons. The van der Waals surface area contributed by atoms with E-state index in [4.69, 9.17) is 0 Å². The molecule has 0 N–H and O–H groups in total. The SMILES string of the molecule is Cc1cccc(CN(C)S(=O)(=O)c2ccc(C)cc2Br)c1. The molecule has 0 amide bonds. The van der Waals surface area contributed by atoms with E-state index >= 15 is 0 Å². The minimum atomic E-state index is -3.51. The van der Waals surface area contributed by atoms with Crippen molar-refractivity contribution >= 4 is 26.0 Å². The number of hydrogen-bond donors (Lipinski definition) is 0. The van der Waals surface area contributed by atoms with Crippen LogP contribution in [0.5, 0.6) is 0 Å². The van der Waals surface area contributed by atoms with Gasteiger partial charge in [0.1, 0.15) is 0 Å². The lowest BCUT2D eigenvalue weighted by Gasteiger charge is -2.18. The minimum Gasteiger partial charge on any atom is -0.207 e. The Bertz CT molecular complexity index is 757. The van der Waals surface area contributed by atoms with Crippen LogP contribution in [0.3, 0.4) is 0 Å². The van der Waals surface area contributed by atoms with Crippen molar-refractivity contribution in [3.63, 3.8) is 0 Å². The van der Waals surface area contributed by atoms with E-state index in [1.165, 1.54) is 4.31 Å². The van der Waals surface area contributed by atoms with Crippen molar-refractivity contribution in [3.8, 4) is 0 Å². The van der Waals surface area contributed by atoms with Gasteiger partial charge < -0.3 is 0 Å². The molecule has 112 valence electrons. The average Bonchev–Trinajstić information content (AvgIpc) is 2.38. The molecule has 0 aliphatic carbocycles. The summed E-state index contributed by atoms with van der Waals surface area (Å²) in [7, 11) is -1.91. The fourth-order valence-corrected chi connectivity index (χ4v) is 4.44. The van der Waals surface area contributed by atoms with Crippen molar-refractivity contribution in [2.75, 3.05) is 7.05 Å². The standard InChI is InChI=1S/C16H18BrNO2S/c1-12-5-4-6-14(9-12)11-18(3)21(19,20)16-8-7-13(2)10-15(16)17/h4-10H,11H2,1-3H3. The van der Waals surface area contributed by atoms with E-state index in [0.29, 0.717) is 15.9 Å². The predicted molar refractivity (Wildman–Crippen MR) is 88.7 cm³/mol. The molecular formula is C16H18BrNO2S. The summed E-state index contributed by atoms with van der Waals surface area (Å²) in [5, 5.41) is 0. The number of hydrogen-bond acceptors (Lipinski definition) is 2. The van der Waals surface area contributed by atoms with Gasteiger partial charge in [-0.3, -0.25) is 0 Å². The van der Waals surface area contributed by atoms with Crippen molar-refractivity contribution in [2.24, 2.45) is 0 Å². The molecule has 2 rings (SSSR count). The quantitative estimate of drug-likeness (QED) is 0.821. The third kappa shape index (κ3) is 3.73. The third-order valence-corrected chi connectivity index (χ3v) is 6.04. The van der Waals surface area contributed by atoms with Crippen LogP contribution < -0.4 is 0 Å². The van der Waals surface area contributed by atoms with Gasteiger partial charge in [-0.1, -0.05) is 35.9 Å². The smallest absolute Gasteiger partial charge is 0.207 e. The Balaban J connectivity index is 2.30. The average molecular weight is 368 g/mol. The molecule has 0 bridgehead atoms. The van der Waals surface area contributed by atoms with Crippen LogP contribution in [0.1, 0.15) is 16.7 Å². The number of nitrogens with zero attached hydrogens (tertiary/aromatic N) is 1. The number of aryl methyl sites for hydroxylation is 2. The molecule has 2 aromatic carbocycles. The first-order chi connectivity index (χ1) is 9.80. The first-order valence-corrected chi connectivity index (χ1v) is 8.82. The number of sulfonamides is 1. The lowest BCUT2D eigenvalue weighted by atomic mass is 10.1. The summed E-state index contributed by atoms with van der Waals surface area (Å²) in [4.78, 5) is 0.295. The fourth-order valence-electron chi connectivity index (χ4n) is 2.14. The lowest BCUT2D eigenvalue weighted by molar-refractivity contribution is 0.466. The molecule has 21 heavy (non-hydrogen) atoms. The van der Waals surface area contributed by atoms with Gasteiger partial charge in [0.2, 0.25) is 10.0 Å². The maximum Gasteiger partial charge on any atom is 0.244 e. The maximum atomic E-state index is 12.6. The van der Waals surface area contributed by atoms with Gasteiger partial charge in [-0.2, -0.15) is 4.31 Å². The third-order valence-electron chi connectivity index (χ3n) is 3.26. The summed E-state index contributed by atoms with van der Waals surface area (Å²) < 4.78 is 27.3. The number of benzene rings is 2. The van der Waals surface area contributed by atoms with Crippen LogP contribution in [0.4, 0.5) is 0 Å². The van der Waals surface area contributed by atoms with E-state index < -0.39 is 10.0 Å². The van der Waals surface area contributed by atoms with E-state index in [2.05, 4.69) is 15.9 Å². The zero-order valence-electron chi connectivity index (χ0n) is 12.3. The highest BCUT2D eigenvalue weighted by Gasteiger charge is 2.23. The van der Waals surface area contributed by atoms with E-state index in [-0.39, 0.29) is 0 Å². The van der Waals surface area contributed by atoms with Crippen molar-refractivity contribution in [1.82, 2.24) is 4.31 Å². The largest absolute Gasteiger partial charge is 0.244 e. The van der Waals surface area contributed by atoms with Crippen LogP contribution in [0.15, 0.2) is 51.8 Å². The molecule has 0 aliphatic rings. The molecule has 0 heterocycles. The molecule has 2 aromatic rings. The minimum absolute atomic E-state index is 0.295. The van der Waals surface area contributed by atoms with Gasteiger partial charge in [0.05, 0.1) is 4.90 Å². The van der Waals surface area contributed by atoms with Gasteiger partial charge in [0, 0.05) is 18.1 Å². The summed E-state index contributed by atoms with van der Waals surface area (Å²) in [5.41, 5.74) is 3.11. The molecule has 0 unspecified atom stereocenters. The highest BCUT2D eigenvalue weighted by atomic mass is 79.9. The van der Waals surface area contributed by atoms with E-state index in [0.717, 1.165) is 16.7 Å². The second-order valence-electron chi connectivity index (χ2n) is 5.18. The van der Waals surface area contributed by atoms with Crippen LogP contribution in [0.2, 0.25) is 0 Å². The first-order valence-electron chi connectivity index (χ1n) is 6.59. The van der Waals surface area contributed by atoms with Crippen LogP contribution >= 0.6 is 15.9 Å². The van der Waals surface area contributed by atoms with Crippen molar-refractivity contribution < 1.29 is 8.42 Å². The molecule has 0 spiro atoms. The van der Waals surface area contributed by atoms with Gasteiger partial charge in [-0.25, -0.2) is 8.42 Å². The van der Waals surface area contributed by atoms with E-state index in [9.17, 15) is 8.42 Å². The zero-order valence-corrected chi connectivity index (χ0v) is 14.7. The Morgan fingerprint density at radius 3 is 2.33 bits per heavy atom. The normalized spacial score (nSPS) is 11.9. The Morgan fingerprint density at radius 1 is 1.05 bits per heavy atom. The predicted octanol–water partition coefficient (Wildman–Crippen LogP) is 3.89. The van der Waals surface area contributed by atoms with E-state index in [1.54, 1.807) is 19.2 Å². The van der Waals surface area contributed by atoms with Gasteiger partial charge in [0.15, 0.2) is 0 Å². The lowest BCUT2D eigenvalue weighted by Crippen LogP contribution is -2.26. The monoisotopic (exact) mass is 367 g/mol. The van der Waals surface area contributed by atoms with Gasteiger partial charge in [-0.05, 0) is 53.0 Å². The molecule has 5 heteroatoms. The Morgan fingerprint density at radius 2 is 1.71 bits per heavy atom. The molecule has 0 saturated heterocycles. The Labute approximate surface area is 134 Å². The van der Waals surface area contributed by atoms with Crippen molar-refractivity contribution in [1.29, 1.82) is 0 Å². The summed E-state index contributed by atoms with van der Waals surface area (Å²) in [6.45, 7) is 4.27.